The smallest absolute Gasteiger partial charge is 0.308 e. The number of hydrogen-bond donors (Lipinski definition) is 2. The predicted molar refractivity (Wildman–Crippen MR) is 125 cm³/mol. The van der Waals surface area contributed by atoms with Gasteiger partial charge in [0.2, 0.25) is 5.75 Å². The van der Waals surface area contributed by atoms with E-state index in [2.05, 4.69) is 47.8 Å². The van der Waals surface area contributed by atoms with E-state index in [1.54, 1.807) is 19.1 Å². The molecule has 2 aromatic carbocycles. The summed E-state index contributed by atoms with van der Waals surface area (Å²) in [7, 11) is 7.38. The summed E-state index contributed by atoms with van der Waals surface area (Å²) in [5.41, 5.74) is -0.393. The molecule has 3 rings (SSSR count). The molecule has 2 N–H and O–H groups in total. The number of ketones is 1. The largest absolute Gasteiger partial charge is 0.508 e. The van der Waals surface area contributed by atoms with Gasteiger partial charge in [-0.25, -0.2) is 0 Å². The molecule has 0 amide bonds. The van der Waals surface area contributed by atoms with Crippen LogP contribution in [-0.4, -0.2) is 36.9 Å². The van der Waals surface area contributed by atoms with E-state index in [9.17, 15) is 19.8 Å². The number of carbonyl (C=O) groups is 2. The number of alkyl halides is 1. The highest BCUT2D eigenvalue weighted by Gasteiger charge is 2.32. The number of esters is 1. The molecule has 1 unspecified atom stereocenters. The summed E-state index contributed by atoms with van der Waals surface area (Å²) >= 11 is 10.1. The van der Waals surface area contributed by atoms with Gasteiger partial charge in [0.1, 0.15) is 25.1 Å². The molecule has 160 valence electrons. The minimum atomic E-state index is -0.759. The molecule has 1 atom stereocenters. The molecule has 1 heterocycles. The van der Waals surface area contributed by atoms with Crippen molar-refractivity contribution in [2.75, 3.05) is 7.11 Å². The summed E-state index contributed by atoms with van der Waals surface area (Å²) in [5, 5.41) is 21.3. The van der Waals surface area contributed by atoms with Crippen LogP contribution in [0.25, 0.3) is 11.0 Å². The van der Waals surface area contributed by atoms with Crippen molar-refractivity contribution >= 4 is 83.8 Å². The summed E-state index contributed by atoms with van der Waals surface area (Å²) in [5.74, 6) is -2.22. The van der Waals surface area contributed by atoms with E-state index in [1.165, 1.54) is 7.11 Å². The van der Waals surface area contributed by atoms with Crippen molar-refractivity contribution in [2.24, 2.45) is 0 Å². The zero-order valence-corrected chi connectivity index (χ0v) is 21.1. The highest BCUT2D eigenvalue weighted by atomic mass is 79.9. The molecule has 7 nitrogen and oxygen atoms in total. The van der Waals surface area contributed by atoms with Gasteiger partial charge in [0.25, 0.3) is 0 Å². The summed E-state index contributed by atoms with van der Waals surface area (Å²) in [6.45, 7) is 2.82. The number of phenols is 2. The molecule has 11 heteroatoms. The Bertz CT molecular complexity index is 1210. The number of fused-ring (bicyclic) bond motifs is 1. The van der Waals surface area contributed by atoms with E-state index < -0.39 is 39.3 Å². The molecule has 0 spiro atoms. The van der Waals surface area contributed by atoms with E-state index in [-0.39, 0.29) is 27.9 Å². The number of ether oxygens (including phenoxy) is 2. The molecule has 31 heavy (non-hydrogen) atoms. The van der Waals surface area contributed by atoms with Crippen LogP contribution in [0.4, 0.5) is 0 Å². The summed E-state index contributed by atoms with van der Waals surface area (Å²) in [6, 6.07) is 3.11. The number of furan rings is 1. The van der Waals surface area contributed by atoms with E-state index in [0.29, 0.717) is 14.7 Å². The fourth-order valence-corrected chi connectivity index (χ4v) is 4.93. The third-order valence-corrected chi connectivity index (χ3v) is 5.99. The van der Waals surface area contributed by atoms with Gasteiger partial charge in [-0.3, -0.25) is 9.59 Å². The van der Waals surface area contributed by atoms with Crippen LogP contribution < -0.4 is 14.9 Å². The topological polar surface area (TPSA) is 106 Å². The van der Waals surface area contributed by atoms with E-state index in [4.69, 9.17) is 21.7 Å². The van der Waals surface area contributed by atoms with Gasteiger partial charge >= 0.3 is 5.97 Å². The minimum absolute atomic E-state index is 0.00258. The van der Waals surface area contributed by atoms with Crippen LogP contribution in [-0.2, 0) is 4.79 Å². The van der Waals surface area contributed by atoms with Crippen molar-refractivity contribution in [3.8, 4) is 23.0 Å². The first kappa shape index (κ1) is 23.7. The second kappa shape index (κ2) is 8.87. The normalized spacial score (nSPS) is 12.1. The van der Waals surface area contributed by atoms with Crippen molar-refractivity contribution in [3.63, 3.8) is 0 Å². The van der Waals surface area contributed by atoms with Crippen molar-refractivity contribution in [3.05, 3.63) is 38.0 Å². The maximum absolute atomic E-state index is 13.5. The molecule has 0 saturated heterocycles. The molecule has 0 fully saturated rings. The first-order valence-corrected chi connectivity index (χ1v) is 11.2. The van der Waals surface area contributed by atoms with Crippen molar-refractivity contribution in [1.82, 2.24) is 0 Å². The van der Waals surface area contributed by atoms with Crippen LogP contribution in [0.1, 0.15) is 40.4 Å². The molecule has 0 aliphatic heterocycles. The number of halogens is 3. The van der Waals surface area contributed by atoms with Crippen LogP contribution in [0.15, 0.2) is 25.5 Å². The highest BCUT2D eigenvalue weighted by molar-refractivity contribution is 9.11. The maximum Gasteiger partial charge on any atom is 0.308 e. The molecule has 0 aliphatic rings. The number of rotatable bonds is 5. The maximum atomic E-state index is 13.5. The quantitative estimate of drug-likeness (QED) is 0.106. The Morgan fingerprint density at radius 3 is 2.19 bits per heavy atom. The fraction of sp³-hybridized carbons (Fsp3) is 0.200. The molecular weight excluding hydrogens is 603 g/mol. The highest BCUT2D eigenvalue weighted by Crippen LogP contribution is 2.46. The second-order valence-electron chi connectivity index (χ2n) is 6.50. The third kappa shape index (κ3) is 4.10. The Hall–Kier alpha value is -1.98. The van der Waals surface area contributed by atoms with Gasteiger partial charge < -0.3 is 24.1 Å². The molecule has 1 aromatic heterocycles. The molecular formula is C20H14BBr3O7. The van der Waals surface area contributed by atoms with Crippen LogP contribution in [0.2, 0.25) is 0 Å². The second-order valence-corrected chi connectivity index (χ2v) is 9.58. The monoisotopic (exact) mass is 614 g/mol. The zero-order chi connectivity index (χ0) is 23.2. The van der Waals surface area contributed by atoms with Gasteiger partial charge in [-0.15, -0.1) is 0 Å². The van der Waals surface area contributed by atoms with Crippen molar-refractivity contribution < 1.29 is 33.7 Å². The SMILES string of the molecule is [B]c1c(OC(C)=O)c(O)c2oc(C(C)Br)c(C(=O)c3cc(Br)c(OC)c(Br)c3)c2c1O. The van der Waals surface area contributed by atoms with Gasteiger partial charge in [0, 0.05) is 12.5 Å². The number of benzene rings is 2. The molecule has 3 aromatic rings. The van der Waals surface area contributed by atoms with Gasteiger partial charge in [0.15, 0.2) is 17.1 Å². The number of carbonyl (C=O) groups excluding carboxylic acids is 2. The number of aromatic hydroxyl groups is 2. The zero-order valence-electron chi connectivity index (χ0n) is 16.4. The Morgan fingerprint density at radius 2 is 1.71 bits per heavy atom. The Labute approximate surface area is 203 Å². The predicted octanol–water partition coefficient (Wildman–Crippen LogP) is 4.78. The number of phenolic OH excluding ortho intramolecular Hbond substituents is 2. The summed E-state index contributed by atoms with van der Waals surface area (Å²) < 4.78 is 17.0. The molecule has 2 radical (unpaired) electrons. The lowest BCUT2D eigenvalue weighted by molar-refractivity contribution is -0.131. The average molecular weight is 617 g/mol. The van der Waals surface area contributed by atoms with E-state index >= 15 is 0 Å². The van der Waals surface area contributed by atoms with Crippen molar-refractivity contribution in [2.45, 2.75) is 18.7 Å². The van der Waals surface area contributed by atoms with E-state index in [1.807, 2.05) is 0 Å². The van der Waals surface area contributed by atoms with Crippen LogP contribution >= 0.6 is 47.8 Å². The summed E-state index contributed by atoms with van der Waals surface area (Å²) in [4.78, 5) is 24.4. The standard InChI is InChI=1S/C20H14BBr3O7/c1-6(22)17-11(14(26)8-4-9(23)18(29-3)10(24)5-8)12-15(27)13(21)20(30-7(2)25)16(28)19(12)31-17/h4-6,27-28H,1-3H3. The molecule has 0 saturated carbocycles. The van der Waals surface area contributed by atoms with Gasteiger partial charge in [-0.1, -0.05) is 15.9 Å². The van der Waals surface area contributed by atoms with Gasteiger partial charge in [0.05, 0.1) is 31.8 Å². The Morgan fingerprint density at radius 1 is 1.13 bits per heavy atom. The van der Waals surface area contributed by atoms with Crippen LogP contribution in [0.3, 0.4) is 0 Å². The third-order valence-electron chi connectivity index (χ3n) is 4.40. The Balaban J connectivity index is 2.35. The Kier molecular flexibility index (Phi) is 6.78. The number of hydrogen-bond acceptors (Lipinski definition) is 7. The lowest BCUT2D eigenvalue weighted by atomic mass is 9.89. The van der Waals surface area contributed by atoms with E-state index in [0.717, 1.165) is 6.92 Å². The average Bonchev–Trinajstić information content (AvgIpc) is 3.09. The lowest BCUT2D eigenvalue weighted by Gasteiger charge is -2.12. The number of methoxy groups -OCH3 is 1. The van der Waals surface area contributed by atoms with Gasteiger partial charge in [-0.2, -0.15) is 0 Å². The first-order valence-electron chi connectivity index (χ1n) is 8.69. The lowest BCUT2D eigenvalue weighted by Crippen LogP contribution is -2.14. The summed E-state index contributed by atoms with van der Waals surface area (Å²) in [6.07, 6.45) is 0. The minimum Gasteiger partial charge on any atom is -0.508 e. The van der Waals surface area contributed by atoms with Gasteiger partial charge in [-0.05, 0) is 56.4 Å². The van der Waals surface area contributed by atoms with Crippen LogP contribution in [0, 0.1) is 0 Å². The molecule has 0 aliphatic carbocycles. The van der Waals surface area contributed by atoms with Crippen molar-refractivity contribution in [1.29, 1.82) is 0 Å². The molecule has 0 bridgehead atoms. The first-order chi connectivity index (χ1) is 14.5. The fourth-order valence-electron chi connectivity index (χ4n) is 3.10. The van der Waals surface area contributed by atoms with Crippen LogP contribution in [0.5, 0.6) is 23.0 Å².